The number of carbonyl (C=O) groups excluding carboxylic acids is 1. The number of halogens is 2. The van der Waals surface area contributed by atoms with Crippen molar-refractivity contribution >= 4 is 50.3 Å². The molecule has 0 amide bonds. The number of hydrogen-bond acceptors (Lipinski definition) is 7. The van der Waals surface area contributed by atoms with Crippen molar-refractivity contribution in [1.29, 1.82) is 0 Å². The van der Waals surface area contributed by atoms with Crippen molar-refractivity contribution in [2.75, 3.05) is 0 Å². The Morgan fingerprint density at radius 1 is 0.281 bits per heavy atom. The maximum absolute atomic E-state index is 15.4. The Kier molecular flexibility index (Phi) is 21.1. The monoisotopic (exact) mass is 1300 g/mol. The third-order valence-corrected chi connectivity index (χ3v) is 16.9. The molecular formula is C85H56F2K2O7. The van der Waals surface area contributed by atoms with Gasteiger partial charge in [-0.25, -0.2) is 8.78 Å². The molecule has 2 N–H and O–H groups in total. The molecule has 0 unspecified atom stereocenters. The molecule has 11 heteroatoms. The van der Waals surface area contributed by atoms with E-state index in [1.165, 1.54) is 51.6 Å². The van der Waals surface area contributed by atoms with Gasteiger partial charge in [-0.05, 0) is 174 Å². The minimum Gasteiger partial charge on any atom is -1.00 e. The van der Waals surface area contributed by atoms with Gasteiger partial charge in [0.05, 0.1) is 0 Å². The van der Waals surface area contributed by atoms with Crippen LogP contribution < -0.4 is 108 Å². The second-order valence-electron chi connectivity index (χ2n) is 22.7. The molecule has 0 radical (unpaired) electrons. The van der Waals surface area contributed by atoms with E-state index in [0.717, 1.165) is 106 Å². The SMILES string of the molecule is O=CO[O-].Oc1cc(O)c(-c2cc(-c3cccc(-c4ccccc4)c3)ccc2F)cc1-c1cc(-c2cccc(-c3ccccc3)c2)ccc1F.[H-].[K+].[K+].c1ccc(-c2cccc(-c3ccc4oc5cc6oc7ccc(-c8cccc(-c9ccccc9)c8)cc7c6cc5c4c3)c2)cc1. The van der Waals surface area contributed by atoms with Crippen LogP contribution >= 0.6 is 0 Å². The normalized spacial score (nSPS) is 10.8. The Balaban J connectivity index is 0.000000181. The van der Waals surface area contributed by atoms with E-state index < -0.39 is 11.6 Å². The van der Waals surface area contributed by atoms with Crippen molar-refractivity contribution in [1.82, 2.24) is 0 Å². The summed E-state index contributed by atoms with van der Waals surface area (Å²) in [6, 6.07) is 103. The van der Waals surface area contributed by atoms with Crippen LogP contribution in [-0.2, 0) is 9.68 Å². The summed E-state index contributed by atoms with van der Waals surface area (Å²) in [5.74, 6) is -1.74. The van der Waals surface area contributed by atoms with Gasteiger partial charge in [-0.15, -0.1) is 0 Å². The fraction of sp³-hybridized carbons (Fsp3) is 0. The predicted molar refractivity (Wildman–Crippen MR) is 373 cm³/mol. The molecule has 2 aromatic heterocycles. The van der Waals surface area contributed by atoms with Gasteiger partial charge in [0, 0.05) is 55.9 Å². The van der Waals surface area contributed by atoms with E-state index in [0.29, 0.717) is 0 Å². The number of phenols is 2. The summed E-state index contributed by atoms with van der Waals surface area (Å²) in [5, 5.41) is 34.6. The van der Waals surface area contributed by atoms with Crippen molar-refractivity contribution in [2.24, 2.45) is 0 Å². The molecular weight excluding hydrogens is 1250 g/mol. The summed E-state index contributed by atoms with van der Waals surface area (Å²) in [4.78, 5) is 11.2. The van der Waals surface area contributed by atoms with Gasteiger partial charge in [-0.3, -0.25) is 4.79 Å². The third kappa shape index (κ3) is 14.4. The first-order valence-electron chi connectivity index (χ1n) is 30.5. The fourth-order valence-corrected chi connectivity index (χ4v) is 12.3. The van der Waals surface area contributed by atoms with Gasteiger partial charge in [0.25, 0.3) is 6.47 Å². The molecule has 0 aliphatic carbocycles. The van der Waals surface area contributed by atoms with Crippen LogP contribution in [0.3, 0.4) is 0 Å². The summed E-state index contributed by atoms with van der Waals surface area (Å²) in [7, 11) is 0. The van der Waals surface area contributed by atoms with Crippen molar-refractivity contribution < 1.29 is 147 Å². The molecule has 7 nitrogen and oxygen atoms in total. The topological polar surface area (TPSA) is 116 Å². The minimum absolute atomic E-state index is 0. The number of phenolic OH excluding ortho intramolecular Hbond substituents is 2. The van der Waals surface area contributed by atoms with E-state index in [4.69, 9.17) is 18.9 Å². The van der Waals surface area contributed by atoms with Crippen LogP contribution in [0.4, 0.5) is 8.78 Å². The van der Waals surface area contributed by atoms with Gasteiger partial charge < -0.3 is 30.6 Å². The van der Waals surface area contributed by atoms with Gasteiger partial charge in [0.2, 0.25) is 0 Å². The number of fused-ring (bicyclic) bond motifs is 6. The molecule has 0 aliphatic heterocycles. The second kappa shape index (κ2) is 30.3. The Morgan fingerprint density at radius 2 is 0.542 bits per heavy atom. The first-order chi connectivity index (χ1) is 46.1. The zero-order chi connectivity index (χ0) is 64.1. The smallest absolute Gasteiger partial charge is 1.00 e. The second-order valence-corrected chi connectivity index (χ2v) is 22.7. The number of benzene rings is 14. The molecule has 0 atom stereocenters. The largest absolute Gasteiger partial charge is 1.00 e. The molecule has 0 saturated heterocycles. The van der Waals surface area contributed by atoms with E-state index >= 15 is 8.78 Å². The van der Waals surface area contributed by atoms with Gasteiger partial charge in [-0.2, -0.15) is 0 Å². The Labute approximate surface area is 639 Å². The molecule has 0 spiro atoms. The zero-order valence-electron chi connectivity index (χ0n) is 53.3. The molecule has 0 saturated carbocycles. The molecule has 0 aliphatic rings. The Morgan fingerprint density at radius 3 is 0.854 bits per heavy atom. The van der Waals surface area contributed by atoms with E-state index in [1.807, 2.05) is 115 Å². The Hall–Kier alpha value is -9.16. The van der Waals surface area contributed by atoms with Crippen LogP contribution in [-0.4, -0.2) is 16.7 Å². The summed E-state index contributed by atoms with van der Waals surface area (Å²) in [6.45, 7) is -0.181. The summed E-state index contributed by atoms with van der Waals surface area (Å²) in [6.07, 6.45) is 0. The van der Waals surface area contributed by atoms with Crippen LogP contribution in [0.15, 0.2) is 324 Å². The van der Waals surface area contributed by atoms with Gasteiger partial charge >= 0.3 is 103 Å². The van der Waals surface area contributed by atoms with Crippen molar-refractivity contribution in [3.63, 3.8) is 0 Å². The molecule has 96 heavy (non-hydrogen) atoms. The number of furan rings is 2. The third-order valence-electron chi connectivity index (χ3n) is 16.9. The van der Waals surface area contributed by atoms with Crippen LogP contribution in [0.1, 0.15) is 1.43 Å². The van der Waals surface area contributed by atoms with Crippen LogP contribution in [0.25, 0.3) is 155 Å². The van der Waals surface area contributed by atoms with Crippen LogP contribution in [0.2, 0.25) is 0 Å². The number of aromatic hydroxyl groups is 2. The Bertz CT molecular complexity index is 5130. The van der Waals surface area contributed by atoms with Crippen molar-refractivity contribution in [3.05, 3.63) is 327 Å². The first kappa shape index (κ1) is 66.8. The fourth-order valence-electron chi connectivity index (χ4n) is 12.3. The van der Waals surface area contributed by atoms with Crippen molar-refractivity contribution in [2.45, 2.75) is 0 Å². The summed E-state index contributed by atoms with van der Waals surface area (Å²) in [5.41, 5.74) is 20.9. The average molecular weight is 1310 g/mol. The summed E-state index contributed by atoms with van der Waals surface area (Å²) >= 11 is 0. The van der Waals surface area contributed by atoms with Crippen LogP contribution in [0.5, 0.6) is 11.5 Å². The van der Waals surface area contributed by atoms with Gasteiger partial charge in [-0.1, -0.05) is 218 Å². The molecule has 0 bridgehead atoms. The van der Waals surface area contributed by atoms with Gasteiger partial charge in [0.15, 0.2) is 0 Å². The number of hydrogen-bond donors (Lipinski definition) is 2. The van der Waals surface area contributed by atoms with Crippen LogP contribution in [0, 0.1) is 11.6 Å². The first-order valence-corrected chi connectivity index (χ1v) is 30.5. The zero-order valence-corrected chi connectivity index (χ0v) is 58.5. The maximum Gasteiger partial charge on any atom is 1.00 e. The van der Waals surface area contributed by atoms with E-state index in [9.17, 15) is 10.2 Å². The van der Waals surface area contributed by atoms with E-state index in [2.05, 4.69) is 157 Å². The average Bonchev–Trinajstić information content (AvgIpc) is 1.56. The van der Waals surface area contributed by atoms with Gasteiger partial charge in [0.1, 0.15) is 45.5 Å². The molecule has 2 heterocycles. The minimum atomic E-state index is -0.554. The summed E-state index contributed by atoms with van der Waals surface area (Å²) < 4.78 is 43.5. The molecule has 14 aromatic carbocycles. The molecule has 16 aromatic rings. The number of carbonyl (C=O) groups is 1. The number of rotatable bonds is 11. The molecule has 454 valence electrons. The maximum atomic E-state index is 15.4. The van der Waals surface area contributed by atoms with E-state index in [1.54, 1.807) is 24.3 Å². The molecule has 0 fully saturated rings. The molecule has 16 rings (SSSR count). The quantitative estimate of drug-likeness (QED) is 0.0573. The van der Waals surface area contributed by atoms with E-state index in [-0.39, 0.29) is 144 Å². The predicted octanol–water partition coefficient (Wildman–Crippen LogP) is 16.1. The van der Waals surface area contributed by atoms with Crippen molar-refractivity contribution in [3.8, 4) is 123 Å². The standard InChI is InChI=1S/C42H28F2O2.C42H26O2.CH2O3.2K.H/c43-39-19-17-33(31-15-7-13-29(21-31)27-9-3-1-4-10-27)23-35(39)37-25-38(42(46)26-41(37)45)36-24-34(18-20-40(36)44)32-16-8-14-30(22-32)28-11-5-2-6-12-28;1-3-9-27(10-4-1)29-13-7-15-31(21-29)33-17-19-39-35(23-33)37-25-38-36-24-34(18-20-40(36)44-42(38)26-41(37)43-39)32-16-8-14-30(22-32)28-11-5-2-6-12-28;2-1-4-3;;;/h1-26,45-46H;1-26H;1,3H;;;/q;;;2*+1;-1/p-1.